The molecule has 1 rings (SSSR count). The van der Waals surface area contributed by atoms with Crippen LogP contribution >= 0.6 is 0 Å². The Bertz CT molecular complexity index is 342. The summed E-state index contributed by atoms with van der Waals surface area (Å²) in [6.45, 7) is 2.20. The van der Waals surface area contributed by atoms with E-state index in [0.717, 1.165) is 6.42 Å². The van der Waals surface area contributed by atoms with Crippen LogP contribution in [0.1, 0.15) is 25.5 Å². The van der Waals surface area contributed by atoms with Gasteiger partial charge in [0.05, 0.1) is 0 Å². The Morgan fingerprint density at radius 1 is 1.33 bits per heavy atom. The van der Waals surface area contributed by atoms with Crippen molar-refractivity contribution in [2.45, 2.75) is 26.2 Å². The van der Waals surface area contributed by atoms with Gasteiger partial charge in [-0.25, -0.2) is 0 Å². The lowest BCUT2D eigenvalue weighted by atomic mass is 10.2. The third-order valence-corrected chi connectivity index (χ3v) is 1.51. The van der Waals surface area contributed by atoms with Crippen molar-refractivity contribution in [3.05, 3.63) is 30.1 Å². The highest BCUT2D eigenvalue weighted by molar-refractivity contribution is 7.79. The lowest BCUT2D eigenvalue weighted by Gasteiger charge is -1.95. The largest absolute Gasteiger partial charge is 0.394 e. The standard InChI is InChI=1S/C9H13N.H2O4S/c1-2-3-6-9-7-4-5-8-10-9;1-5(2,3)4/h4-5,7-8H,2-3,6H2,1H3;(H2,1,2,3,4). The van der Waals surface area contributed by atoms with Gasteiger partial charge in [-0.15, -0.1) is 0 Å². The van der Waals surface area contributed by atoms with Gasteiger partial charge in [-0.05, 0) is 25.0 Å². The molecule has 0 saturated carbocycles. The Morgan fingerprint density at radius 3 is 2.33 bits per heavy atom. The molecule has 86 valence electrons. The van der Waals surface area contributed by atoms with E-state index in [9.17, 15) is 0 Å². The van der Waals surface area contributed by atoms with Crippen LogP contribution in [0.15, 0.2) is 24.4 Å². The van der Waals surface area contributed by atoms with Crippen molar-refractivity contribution in [1.29, 1.82) is 0 Å². The molecule has 0 aliphatic rings. The van der Waals surface area contributed by atoms with Crippen molar-refractivity contribution in [1.82, 2.24) is 4.98 Å². The van der Waals surface area contributed by atoms with E-state index in [-0.39, 0.29) is 0 Å². The van der Waals surface area contributed by atoms with Gasteiger partial charge in [-0.3, -0.25) is 14.1 Å². The van der Waals surface area contributed by atoms with Gasteiger partial charge in [0.25, 0.3) is 0 Å². The number of pyridine rings is 1. The SMILES string of the molecule is CCCCc1ccccn1.O=S(=O)(O)O. The maximum absolute atomic E-state index is 8.74. The summed E-state index contributed by atoms with van der Waals surface area (Å²) < 4.78 is 31.6. The van der Waals surface area contributed by atoms with E-state index < -0.39 is 10.4 Å². The number of rotatable bonds is 3. The molecule has 0 aliphatic heterocycles. The van der Waals surface area contributed by atoms with E-state index in [1.807, 2.05) is 18.3 Å². The first-order valence-corrected chi connectivity index (χ1v) is 5.93. The highest BCUT2D eigenvalue weighted by Gasteiger charge is 1.89. The molecule has 1 aromatic heterocycles. The van der Waals surface area contributed by atoms with E-state index in [1.165, 1.54) is 18.5 Å². The molecule has 0 spiro atoms. The molecular formula is C9H15NO4S. The van der Waals surface area contributed by atoms with Gasteiger partial charge in [0.2, 0.25) is 0 Å². The van der Waals surface area contributed by atoms with Crippen LogP contribution in [0.4, 0.5) is 0 Å². The summed E-state index contributed by atoms with van der Waals surface area (Å²) in [4.78, 5) is 4.22. The fraction of sp³-hybridized carbons (Fsp3) is 0.444. The highest BCUT2D eigenvalue weighted by Crippen LogP contribution is 1.99. The molecule has 1 heterocycles. The molecular weight excluding hydrogens is 218 g/mol. The number of aryl methyl sites for hydroxylation is 1. The lowest BCUT2D eigenvalue weighted by molar-refractivity contribution is 0.381. The smallest absolute Gasteiger partial charge is 0.264 e. The number of aromatic nitrogens is 1. The van der Waals surface area contributed by atoms with Crippen LogP contribution in [0.3, 0.4) is 0 Å². The summed E-state index contributed by atoms with van der Waals surface area (Å²) >= 11 is 0. The normalized spacial score (nSPS) is 10.3. The molecule has 0 saturated heterocycles. The van der Waals surface area contributed by atoms with E-state index in [1.54, 1.807) is 0 Å². The van der Waals surface area contributed by atoms with Gasteiger partial charge in [0.15, 0.2) is 0 Å². The Labute approximate surface area is 89.7 Å². The molecule has 6 heteroatoms. The van der Waals surface area contributed by atoms with Gasteiger partial charge in [0.1, 0.15) is 0 Å². The fourth-order valence-corrected chi connectivity index (χ4v) is 0.904. The highest BCUT2D eigenvalue weighted by atomic mass is 32.3. The van der Waals surface area contributed by atoms with E-state index in [0.29, 0.717) is 0 Å². The second-order valence-corrected chi connectivity index (χ2v) is 3.77. The van der Waals surface area contributed by atoms with E-state index in [2.05, 4.69) is 18.0 Å². The van der Waals surface area contributed by atoms with E-state index >= 15 is 0 Å². The third-order valence-electron chi connectivity index (χ3n) is 1.51. The maximum atomic E-state index is 8.74. The molecule has 0 bridgehead atoms. The summed E-state index contributed by atoms with van der Waals surface area (Å²) in [5.41, 5.74) is 1.21. The van der Waals surface area contributed by atoms with Crippen LogP contribution in [0.2, 0.25) is 0 Å². The van der Waals surface area contributed by atoms with Crippen molar-refractivity contribution >= 4 is 10.4 Å². The second kappa shape index (κ2) is 7.33. The minimum atomic E-state index is -4.67. The summed E-state index contributed by atoms with van der Waals surface area (Å²) in [5, 5.41) is 0. The average molecular weight is 233 g/mol. The number of unbranched alkanes of at least 4 members (excludes halogenated alkanes) is 1. The number of hydrogen-bond acceptors (Lipinski definition) is 3. The van der Waals surface area contributed by atoms with Gasteiger partial charge < -0.3 is 0 Å². The molecule has 0 aliphatic carbocycles. The minimum absolute atomic E-state index is 1.12. The van der Waals surface area contributed by atoms with Gasteiger partial charge in [0, 0.05) is 11.9 Å². The Hall–Kier alpha value is -0.980. The number of hydrogen-bond donors (Lipinski definition) is 2. The maximum Gasteiger partial charge on any atom is 0.394 e. The minimum Gasteiger partial charge on any atom is -0.264 e. The summed E-state index contributed by atoms with van der Waals surface area (Å²) in [6.07, 6.45) is 5.47. The molecule has 15 heavy (non-hydrogen) atoms. The Balaban J connectivity index is 0.000000336. The zero-order valence-corrected chi connectivity index (χ0v) is 9.31. The molecule has 2 N–H and O–H groups in total. The molecule has 0 unspecified atom stereocenters. The zero-order chi connectivity index (χ0) is 11.7. The van der Waals surface area contributed by atoms with Crippen molar-refractivity contribution in [2.75, 3.05) is 0 Å². The predicted molar refractivity (Wildman–Crippen MR) is 57.0 cm³/mol. The van der Waals surface area contributed by atoms with Crippen LogP contribution in [0.25, 0.3) is 0 Å². The van der Waals surface area contributed by atoms with Crippen molar-refractivity contribution in [3.8, 4) is 0 Å². The van der Waals surface area contributed by atoms with Crippen LogP contribution < -0.4 is 0 Å². The van der Waals surface area contributed by atoms with Crippen LogP contribution in [-0.2, 0) is 16.8 Å². The second-order valence-electron chi connectivity index (χ2n) is 2.87. The first-order valence-electron chi connectivity index (χ1n) is 4.53. The summed E-state index contributed by atoms with van der Waals surface area (Å²) in [6, 6.07) is 6.07. The van der Waals surface area contributed by atoms with Crippen LogP contribution in [0, 0.1) is 0 Å². The monoisotopic (exact) mass is 233 g/mol. The Kier molecular flexibility index (Phi) is 6.85. The Morgan fingerprint density at radius 2 is 1.93 bits per heavy atom. The molecule has 0 amide bonds. The van der Waals surface area contributed by atoms with Crippen LogP contribution in [0.5, 0.6) is 0 Å². The molecule has 1 aromatic rings. The van der Waals surface area contributed by atoms with Gasteiger partial charge >= 0.3 is 10.4 Å². The molecule has 0 radical (unpaired) electrons. The predicted octanol–water partition coefficient (Wildman–Crippen LogP) is 1.77. The topological polar surface area (TPSA) is 87.5 Å². The van der Waals surface area contributed by atoms with Gasteiger partial charge in [-0.1, -0.05) is 19.4 Å². The van der Waals surface area contributed by atoms with Crippen molar-refractivity contribution in [2.24, 2.45) is 0 Å². The van der Waals surface area contributed by atoms with Gasteiger partial charge in [-0.2, -0.15) is 8.42 Å². The first kappa shape index (κ1) is 14.0. The first-order chi connectivity index (χ1) is 6.93. The molecule has 0 fully saturated rings. The zero-order valence-electron chi connectivity index (χ0n) is 8.50. The lowest BCUT2D eigenvalue weighted by Crippen LogP contribution is -1.89. The van der Waals surface area contributed by atoms with Crippen molar-refractivity contribution < 1.29 is 17.5 Å². The quantitative estimate of drug-likeness (QED) is 0.777. The molecule has 5 nitrogen and oxygen atoms in total. The van der Waals surface area contributed by atoms with Crippen LogP contribution in [-0.4, -0.2) is 22.5 Å². The molecule has 0 atom stereocenters. The third kappa shape index (κ3) is 13.0. The summed E-state index contributed by atoms with van der Waals surface area (Å²) in [5.74, 6) is 0. The van der Waals surface area contributed by atoms with Crippen molar-refractivity contribution in [3.63, 3.8) is 0 Å². The summed E-state index contributed by atoms with van der Waals surface area (Å²) in [7, 11) is -4.67. The molecule has 0 aromatic carbocycles. The fourth-order valence-electron chi connectivity index (χ4n) is 0.904. The average Bonchev–Trinajstić information content (AvgIpc) is 2.14. The van der Waals surface area contributed by atoms with E-state index in [4.69, 9.17) is 17.5 Å². The number of nitrogens with zero attached hydrogens (tertiary/aromatic N) is 1.